The van der Waals surface area contributed by atoms with E-state index in [4.69, 9.17) is 4.74 Å². The third kappa shape index (κ3) is 4.75. The van der Waals surface area contributed by atoms with Gasteiger partial charge < -0.3 is 9.64 Å². The molecule has 1 aliphatic rings. The maximum Gasteiger partial charge on any atom is 0.0777 e. The lowest BCUT2D eigenvalue weighted by atomic mass is 9.94. The minimum absolute atomic E-state index is 0.0990. The average Bonchev–Trinajstić information content (AvgIpc) is 2.25. The van der Waals surface area contributed by atoms with Crippen LogP contribution in [0.4, 0.5) is 0 Å². The first-order valence-electron chi connectivity index (χ1n) is 6.08. The molecule has 1 aliphatic heterocycles. The Hall–Kier alpha value is 0.270. The Morgan fingerprint density at radius 2 is 2.13 bits per heavy atom. The van der Waals surface area contributed by atoms with Crippen LogP contribution in [0.2, 0.25) is 0 Å². The first-order chi connectivity index (χ1) is 7.20. The average molecular weight is 231 g/mol. The van der Waals surface area contributed by atoms with Gasteiger partial charge in [0.2, 0.25) is 0 Å². The van der Waals surface area contributed by atoms with E-state index in [9.17, 15) is 0 Å². The third-order valence-electron chi connectivity index (χ3n) is 3.36. The number of hydrogen-bond acceptors (Lipinski definition) is 3. The van der Waals surface area contributed by atoms with Gasteiger partial charge in [-0.2, -0.15) is 12.6 Å². The molecule has 1 saturated heterocycles. The molecule has 0 radical (unpaired) electrons. The van der Waals surface area contributed by atoms with E-state index in [1.807, 2.05) is 7.11 Å². The van der Waals surface area contributed by atoms with Gasteiger partial charge in [0.1, 0.15) is 0 Å². The molecule has 1 rings (SSSR count). The Bertz CT molecular complexity index is 177. The van der Waals surface area contributed by atoms with E-state index >= 15 is 0 Å². The molecule has 15 heavy (non-hydrogen) atoms. The van der Waals surface area contributed by atoms with Gasteiger partial charge in [-0.15, -0.1) is 0 Å². The van der Waals surface area contributed by atoms with E-state index in [0.29, 0.717) is 0 Å². The highest BCUT2D eigenvalue weighted by molar-refractivity contribution is 7.80. The van der Waals surface area contributed by atoms with Gasteiger partial charge >= 0.3 is 0 Å². The molecule has 0 aliphatic carbocycles. The molecule has 0 saturated carbocycles. The highest BCUT2D eigenvalue weighted by atomic mass is 32.1. The van der Waals surface area contributed by atoms with Crippen LogP contribution in [0, 0.1) is 0 Å². The lowest BCUT2D eigenvalue weighted by Crippen LogP contribution is -2.47. The monoisotopic (exact) mass is 231 g/mol. The molecule has 1 atom stereocenters. The minimum Gasteiger partial charge on any atom is -0.377 e. The van der Waals surface area contributed by atoms with E-state index in [0.717, 1.165) is 12.3 Å². The molecule has 90 valence electrons. The molecule has 1 heterocycles. The predicted molar refractivity (Wildman–Crippen MR) is 68.8 cm³/mol. The number of rotatable bonds is 6. The molecule has 0 bridgehead atoms. The molecule has 0 aromatic heterocycles. The van der Waals surface area contributed by atoms with E-state index < -0.39 is 0 Å². The van der Waals surface area contributed by atoms with Gasteiger partial charge in [-0.05, 0) is 51.4 Å². The molecule has 2 nitrogen and oxygen atoms in total. The van der Waals surface area contributed by atoms with Crippen LogP contribution in [0.25, 0.3) is 0 Å². The summed E-state index contributed by atoms with van der Waals surface area (Å²) in [7, 11) is 1.84. The van der Waals surface area contributed by atoms with Gasteiger partial charge in [0.05, 0.1) is 5.60 Å². The summed E-state index contributed by atoms with van der Waals surface area (Å²) in [6.07, 6.45) is 6.34. The van der Waals surface area contributed by atoms with Crippen LogP contribution in [0.15, 0.2) is 0 Å². The summed E-state index contributed by atoms with van der Waals surface area (Å²) in [6, 6.07) is 0. The van der Waals surface area contributed by atoms with E-state index in [2.05, 4.69) is 24.5 Å². The van der Waals surface area contributed by atoms with Crippen molar-refractivity contribution in [2.24, 2.45) is 0 Å². The van der Waals surface area contributed by atoms with Gasteiger partial charge in [-0.25, -0.2) is 0 Å². The van der Waals surface area contributed by atoms with Crippen LogP contribution in [-0.2, 0) is 4.74 Å². The Labute approximate surface area is 99.8 Å². The van der Waals surface area contributed by atoms with Crippen LogP contribution < -0.4 is 0 Å². The molecule has 0 amide bonds. The Morgan fingerprint density at radius 1 is 1.33 bits per heavy atom. The summed E-state index contributed by atoms with van der Waals surface area (Å²) < 4.78 is 5.58. The SMILES string of the molecule is COC1(C)CCCN(CCCCCS)C1. The van der Waals surface area contributed by atoms with Gasteiger partial charge in [-0.3, -0.25) is 0 Å². The number of nitrogens with zero attached hydrogens (tertiary/aromatic N) is 1. The molecule has 1 unspecified atom stereocenters. The Kier molecular flexibility index (Phi) is 6.02. The first kappa shape index (κ1) is 13.3. The highest BCUT2D eigenvalue weighted by Gasteiger charge is 2.30. The van der Waals surface area contributed by atoms with Gasteiger partial charge in [-0.1, -0.05) is 6.42 Å². The molecule has 3 heteroatoms. The lowest BCUT2D eigenvalue weighted by Gasteiger charge is -2.39. The van der Waals surface area contributed by atoms with Crippen LogP contribution >= 0.6 is 12.6 Å². The Morgan fingerprint density at radius 3 is 2.80 bits per heavy atom. The molecular formula is C12H25NOS. The smallest absolute Gasteiger partial charge is 0.0777 e. The second-order valence-corrected chi connectivity index (χ2v) is 5.27. The maximum atomic E-state index is 5.58. The van der Waals surface area contributed by atoms with Crippen molar-refractivity contribution in [1.82, 2.24) is 4.90 Å². The van der Waals surface area contributed by atoms with Gasteiger partial charge in [0, 0.05) is 13.7 Å². The fraction of sp³-hybridized carbons (Fsp3) is 1.00. The number of likely N-dealkylation sites (tertiary alicyclic amines) is 1. The fourth-order valence-corrected chi connectivity index (χ4v) is 2.51. The van der Waals surface area contributed by atoms with E-state index in [1.165, 1.54) is 45.2 Å². The van der Waals surface area contributed by atoms with Crippen LogP contribution in [0.3, 0.4) is 0 Å². The topological polar surface area (TPSA) is 12.5 Å². The van der Waals surface area contributed by atoms with Crippen LogP contribution in [0.5, 0.6) is 0 Å². The fourth-order valence-electron chi connectivity index (χ4n) is 2.29. The summed E-state index contributed by atoms with van der Waals surface area (Å²) in [5.41, 5.74) is 0.0990. The highest BCUT2D eigenvalue weighted by Crippen LogP contribution is 2.23. The normalized spacial score (nSPS) is 28.2. The minimum atomic E-state index is 0.0990. The second kappa shape index (κ2) is 6.77. The van der Waals surface area contributed by atoms with Crippen LogP contribution in [-0.4, -0.2) is 43.0 Å². The predicted octanol–water partition coefficient (Wildman–Crippen LogP) is 2.59. The van der Waals surface area contributed by atoms with Gasteiger partial charge in [0.15, 0.2) is 0 Å². The quantitative estimate of drug-likeness (QED) is 0.557. The molecule has 0 N–H and O–H groups in total. The number of piperidine rings is 1. The summed E-state index contributed by atoms with van der Waals surface area (Å²) in [5.74, 6) is 1.02. The summed E-state index contributed by atoms with van der Waals surface area (Å²) in [6.45, 7) is 5.81. The second-order valence-electron chi connectivity index (χ2n) is 4.82. The number of ether oxygens (including phenoxy) is 1. The summed E-state index contributed by atoms with van der Waals surface area (Å²) >= 11 is 4.23. The van der Waals surface area contributed by atoms with Crippen molar-refractivity contribution in [1.29, 1.82) is 0 Å². The summed E-state index contributed by atoms with van der Waals surface area (Å²) in [4.78, 5) is 2.55. The molecule has 1 fully saturated rings. The van der Waals surface area contributed by atoms with Crippen molar-refractivity contribution < 1.29 is 4.74 Å². The zero-order valence-electron chi connectivity index (χ0n) is 10.2. The van der Waals surface area contributed by atoms with Crippen molar-refractivity contribution in [2.45, 2.75) is 44.6 Å². The van der Waals surface area contributed by atoms with Gasteiger partial charge in [0.25, 0.3) is 0 Å². The molecule has 0 aromatic carbocycles. The largest absolute Gasteiger partial charge is 0.377 e. The standard InChI is InChI=1S/C12H25NOS/c1-12(14-2)7-6-9-13(11-12)8-4-3-5-10-15/h15H,3-11H2,1-2H3. The number of unbranched alkanes of at least 4 members (excludes halogenated alkanes) is 2. The van der Waals surface area contributed by atoms with E-state index in [1.54, 1.807) is 0 Å². The van der Waals surface area contributed by atoms with E-state index in [-0.39, 0.29) is 5.60 Å². The van der Waals surface area contributed by atoms with Crippen molar-refractivity contribution in [3.05, 3.63) is 0 Å². The van der Waals surface area contributed by atoms with Crippen LogP contribution in [0.1, 0.15) is 39.0 Å². The van der Waals surface area contributed by atoms with Crippen molar-refractivity contribution in [3.8, 4) is 0 Å². The number of thiol groups is 1. The zero-order valence-corrected chi connectivity index (χ0v) is 11.1. The Balaban J connectivity index is 2.18. The summed E-state index contributed by atoms with van der Waals surface area (Å²) in [5, 5.41) is 0. The molecule has 0 spiro atoms. The molecule has 0 aromatic rings. The number of hydrogen-bond donors (Lipinski definition) is 1. The zero-order chi connectivity index (χ0) is 11.1. The maximum absolute atomic E-state index is 5.58. The first-order valence-corrected chi connectivity index (χ1v) is 6.72. The third-order valence-corrected chi connectivity index (χ3v) is 3.68. The lowest BCUT2D eigenvalue weighted by molar-refractivity contribution is -0.0508. The van der Waals surface area contributed by atoms with Crippen molar-refractivity contribution >= 4 is 12.6 Å². The number of methoxy groups -OCH3 is 1. The van der Waals surface area contributed by atoms with Crippen molar-refractivity contribution in [3.63, 3.8) is 0 Å². The van der Waals surface area contributed by atoms with Crippen molar-refractivity contribution in [2.75, 3.05) is 32.5 Å². The molecular weight excluding hydrogens is 206 g/mol.